The highest BCUT2D eigenvalue weighted by Gasteiger charge is 2.05. The van der Waals surface area contributed by atoms with Gasteiger partial charge < -0.3 is 4.74 Å². The monoisotopic (exact) mass is 349 g/mol. The van der Waals surface area contributed by atoms with Gasteiger partial charge in [0.15, 0.2) is 0 Å². The van der Waals surface area contributed by atoms with Gasteiger partial charge in [-0.05, 0) is 79.1 Å². The molecule has 0 fully saturated rings. The lowest BCUT2D eigenvalue weighted by Gasteiger charge is -2.06. The van der Waals surface area contributed by atoms with Crippen molar-refractivity contribution in [3.8, 4) is 23.0 Å². The standard InChI is InChI=1S/C21H16FNOS/c22-20-13-17(9-12-21(20)25-15-23)6-5-16-7-10-19(11-8-16)24-14-18-3-1-2-4-18/h3,7-13H,1-2,4,14H2. The normalized spacial score (nSPS) is 12.7. The molecule has 124 valence electrons. The van der Waals surface area contributed by atoms with Crippen molar-refractivity contribution < 1.29 is 9.13 Å². The lowest BCUT2D eigenvalue weighted by atomic mass is 10.2. The van der Waals surface area contributed by atoms with E-state index in [1.54, 1.807) is 12.1 Å². The number of hydrogen-bond acceptors (Lipinski definition) is 3. The van der Waals surface area contributed by atoms with Crippen LogP contribution in [0.2, 0.25) is 0 Å². The van der Waals surface area contributed by atoms with Gasteiger partial charge in [-0.15, -0.1) is 0 Å². The summed E-state index contributed by atoms with van der Waals surface area (Å²) in [4.78, 5) is 0.312. The first kappa shape index (κ1) is 17.1. The van der Waals surface area contributed by atoms with Crippen molar-refractivity contribution in [2.45, 2.75) is 24.2 Å². The van der Waals surface area contributed by atoms with Crippen LogP contribution in [0.25, 0.3) is 0 Å². The zero-order valence-corrected chi connectivity index (χ0v) is 14.4. The third-order valence-corrected chi connectivity index (χ3v) is 4.49. The van der Waals surface area contributed by atoms with Crippen LogP contribution in [-0.4, -0.2) is 6.61 Å². The molecule has 0 aromatic heterocycles. The summed E-state index contributed by atoms with van der Waals surface area (Å²) < 4.78 is 19.5. The van der Waals surface area contributed by atoms with Gasteiger partial charge in [-0.25, -0.2) is 4.39 Å². The Morgan fingerprint density at radius 3 is 2.52 bits per heavy atom. The van der Waals surface area contributed by atoms with E-state index in [1.807, 2.05) is 29.7 Å². The Balaban J connectivity index is 1.63. The largest absolute Gasteiger partial charge is 0.489 e. The Morgan fingerprint density at radius 2 is 1.84 bits per heavy atom. The molecule has 0 saturated heterocycles. The second-order valence-electron chi connectivity index (χ2n) is 5.66. The predicted molar refractivity (Wildman–Crippen MR) is 97.7 cm³/mol. The highest BCUT2D eigenvalue weighted by Crippen LogP contribution is 2.22. The smallest absolute Gasteiger partial charge is 0.139 e. The van der Waals surface area contributed by atoms with Crippen LogP contribution in [-0.2, 0) is 0 Å². The minimum absolute atomic E-state index is 0.312. The summed E-state index contributed by atoms with van der Waals surface area (Å²) in [5, 5.41) is 10.5. The van der Waals surface area contributed by atoms with E-state index in [0.717, 1.165) is 35.9 Å². The Morgan fingerprint density at radius 1 is 1.08 bits per heavy atom. The number of ether oxygens (including phenoxy) is 1. The second kappa shape index (κ2) is 8.42. The van der Waals surface area contributed by atoms with Gasteiger partial charge in [-0.1, -0.05) is 17.9 Å². The van der Waals surface area contributed by atoms with Crippen molar-refractivity contribution >= 4 is 11.8 Å². The van der Waals surface area contributed by atoms with E-state index < -0.39 is 5.82 Å². The minimum atomic E-state index is -0.427. The van der Waals surface area contributed by atoms with E-state index in [0.29, 0.717) is 17.1 Å². The molecule has 0 spiro atoms. The molecular weight excluding hydrogens is 333 g/mol. The van der Waals surface area contributed by atoms with E-state index in [2.05, 4.69) is 17.9 Å². The van der Waals surface area contributed by atoms with Crippen LogP contribution in [0.5, 0.6) is 5.75 Å². The summed E-state index contributed by atoms with van der Waals surface area (Å²) in [6, 6.07) is 12.2. The summed E-state index contributed by atoms with van der Waals surface area (Å²) in [6.07, 6.45) is 5.76. The first-order chi connectivity index (χ1) is 12.2. The van der Waals surface area contributed by atoms with Gasteiger partial charge in [0.2, 0.25) is 0 Å². The number of allylic oxidation sites excluding steroid dienone is 1. The summed E-state index contributed by atoms with van der Waals surface area (Å²) in [6.45, 7) is 0.650. The average molecular weight is 349 g/mol. The topological polar surface area (TPSA) is 33.0 Å². The molecule has 1 aliphatic carbocycles. The summed E-state index contributed by atoms with van der Waals surface area (Å²) in [5.41, 5.74) is 2.78. The number of nitrogens with zero attached hydrogens (tertiary/aromatic N) is 1. The molecule has 1 aliphatic rings. The number of rotatable bonds is 4. The van der Waals surface area contributed by atoms with Gasteiger partial charge in [0.1, 0.15) is 23.6 Å². The number of thioether (sulfide) groups is 1. The average Bonchev–Trinajstić information content (AvgIpc) is 3.15. The molecule has 0 aliphatic heterocycles. The Bertz CT molecular complexity index is 885. The predicted octanol–water partition coefficient (Wildman–Crippen LogP) is 5.29. The van der Waals surface area contributed by atoms with E-state index in [-0.39, 0.29) is 0 Å². The highest BCUT2D eigenvalue weighted by atomic mass is 32.2. The van der Waals surface area contributed by atoms with Crippen LogP contribution < -0.4 is 4.74 Å². The first-order valence-corrected chi connectivity index (χ1v) is 8.84. The number of nitriles is 1. The van der Waals surface area contributed by atoms with Crippen molar-refractivity contribution in [3.05, 3.63) is 71.1 Å². The maximum Gasteiger partial charge on any atom is 0.139 e. The molecule has 4 heteroatoms. The van der Waals surface area contributed by atoms with Crippen molar-refractivity contribution in [2.24, 2.45) is 0 Å². The van der Waals surface area contributed by atoms with Gasteiger partial charge in [0, 0.05) is 11.1 Å². The Labute approximate surface area is 151 Å². The summed E-state index contributed by atoms with van der Waals surface area (Å²) >= 11 is 0.805. The van der Waals surface area contributed by atoms with Crippen molar-refractivity contribution in [3.63, 3.8) is 0 Å². The number of hydrogen-bond donors (Lipinski definition) is 0. The molecule has 0 radical (unpaired) electrons. The number of benzene rings is 2. The fourth-order valence-electron chi connectivity index (χ4n) is 2.53. The third kappa shape index (κ3) is 4.89. The first-order valence-electron chi connectivity index (χ1n) is 8.03. The van der Waals surface area contributed by atoms with Crippen LogP contribution in [0, 0.1) is 28.3 Å². The zero-order chi connectivity index (χ0) is 17.5. The van der Waals surface area contributed by atoms with Gasteiger partial charge in [0.25, 0.3) is 0 Å². The molecule has 2 aromatic rings. The minimum Gasteiger partial charge on any atom is -0.489 e. The third-order valence-electron chi connectivity index (χ3n) is 3.85. The maximum atomic E-state index is 13.8. The molecule has 25 heavy (non-hydrogen) atoms. The molecule has 3 rings (SSSR count). The second-order valence-corrected chi connectivity index (χ2v) is 6.48. The molecule has 0 atom stereocenters. The highest BCUT2D eigenvalue weighted by molar-refractivity contribution is 8.03. The fourth-order valence-corrected chi connectivity index (χ4v) is 2.92. The lowest BCUT2D eigenvalue weighted by molar-refractivity contribution is 0.349. The molecular formula is C21H16FNOS. The SMILES string of the molecule is N#CSc1ccc(C#Cc2ccc(OCC3=CCCC3)cc2)cc1F. The van der Waals surface area contributed by atoms with Crippen molar-refractivity contribution in [1.29, 1.82) is 5.26 Å². The van der Waals surface area contributed by atoms with Gasteiger partial charge in [0.05, 0.1) is 4.90 Å². The van der Waals surface area contributed by atoms with Crippen LogP contribution in [0.1, 0.15) is 30.4 Å². The molecule has 2 aromatic carbocycles. The molecule has 0 N–H and O–H groups in total. The van der Waals surface area contributed by atoms with Crippen molar-refractivity contribution in [1.82, 2.24) is 0 Å². The van der Waals surface area contributed by atoms with Gasteiger partial charge in [-0.3, -0.25) is 0 Å². The number of thiocyanates is 1. The Hall–Kier alpha value is -2.69. The van der Waals surface area contributed by atoms with E-state index >= 15 is 0 Å². The molecule has 0 bridgehead atoms. The summed E-state index contributed by atoms with van der Waals surface area (Å²) in [7, 11) is 0. The van der Waals surface area contributed by atoms with Crippen LogP contribution in [0.3, 0.4) is 0 Å². The van der Waals surface area contributed by atoms with E-state index in [9.17, 15) is 4.39 Å². The quantitative estimate of drug-likeness (QED) is 0.325. The van der Waals surface area contributed by atoms with Gasteiger partial charge in [-0.2, -0.15) is 5.26 Å². The van der Waals surface area contributed by atoms with Crippen LogP contribution >= 0.6 is 11.8 Å². The summed E-state index contributed by atoms with van der Waals surface area (Å²) in [5.74, 6) is 6.34. The van der Waals surface area contributed by atoms with E-state index in [4.69, 9.17) is 10.00 Å². The maximum absolute atomic E-state index is 13.8. The van der Waals surface area contributed by atoms with Gasteiger partial charge >= 0.3 is 0 Å². The van der Waals surface area contributed by atoms with Crippen LogP contribution in [0.15, 0.2) is 59.0 Å². The molecule has 0 saturated carbocycles. The lowest BCUT2D eigenvalue weighted by Crippen LogP contribution is -1.99. The van der Waals surface area contributed by atoms with E-state index in [1.165, 1.54) is 18.1 Å². The van der Waals surface area contributed by atoms with Crippen LogP contribution in [0.4, 0.5) is 4.39 Å². The fraction of sp³-hybridized carbons (Fsp3) is 0.190. The number of halogens is 1. The molecule has 0 heterocycles. The zero-order valence-electron chi connectivity index (χ0n) is 13.6. The Kier molecular flexibility index (Phi) is 5.77. The van der Waals surface area contributed by atoms with Crippen molar-refractivity contribution in [2.75, 3.05) is 6.61 Å². The molecule has 0 unspecified atom stereocenters. The molecule has 0 amide bonds. The molecule has 2 nitrogen and oxygen atoms in total.